The maximum Gasteiger partial charge on any atom is 0.254 e. The number of nitrogens with two attached hydrogens (primary N) is 2. The summed E-state index contributed by atoms with van der Waals surface area (Å²) in [6.07, 6.45) is 6.79. The number of hydrogen-bond donors (Lipinski definition) is 4. The van der Waals surface area contributed by atoms with Crippen LogP contribution in [-0.4, -0.2) is 35.2 Å². The molecule has 0 radical (unpaired) electrons. The number of fused-ring (bicyclic) bond motifs is 1. The molecule has 27 heavy (non-hydrogen) atoms. The number of carbonyl (C=O) groups is 1. The summed E-state index contributed by atoms with van der Waals surface area (Å²) in [4.78, 5) is 21.0. The fraction of sp³-hybridized carbons (Fsp3) is 0.526. The molecule has 2 heterocycles. The van der Waals surface area contributed by atoms with Crippen LogP contribution in [0.15, 0.2) is 11.2 Å². The van der Waals surface area contributed by atoms with E-state index in [1.807, 2.05) is 13.8 Å². The van der Waals surface area contributed by atoms with Gasteiger partial charge in [-0.1, -0.05) is 12.8 Å². The number of nitrogens with zero attached hydrogens (tertiary/aromatic N) is 2. The third-order valence-electron chi connectivity index (χ3n) is 4.99. The molecule has 2 atom stereocenters. The van der Waals surface area contributed by atoms with Gasteiger partial charge in [0.05, 0.1) is 11.3 Å². The Morgan fingerprint density at radius 3 is 2.81 bits per heavy atom. The highest BCUT2D eigenvalue weighted by molar-refractivity contribution is 6.14. The zero-order valence-corrected chi connectivity index (χ0v) is 15.8. The molecular weight excluding hydrogens is 347 g/mol. The average Bonchev–Trinajstić information content (AvgIpc) is 3.02. The summed E-state index contributed by atoms with van der Waals surface area (Å²) >= 11 is 0. The third-order valence-corrected chi connectivity index (χ3v) is 4.99. The summed E-state index contributed by atoms with van der Waals surface area (Å²) in [5.74, 6) is -0.758. The number of carbonyl (C=O) groups excluding carboxylic acids is 1. The highest BCUT2D eigenvalue weighted by Gasteiger charge is 2.32. The van der Waals surface area contributed by atoms with Crippen LogP contribution in [0.3, 0.4) is 0 Å². The summed E-state index contributed by atoms with van der Waals surface area (Å²) in [5.41, 5.74) is 13.3. The van der Waals surface area contributed by atoms with Crippen molar-refractivity contribution in [2.75, 3.05) is 5.32 Å². The van der Waals surface area contributed by atoms with Crippen LogP contribution in [0.5, 0.6) is 0 Å². The van der Waals surface area contributed by atoms with E-state index in [-0.39, 0.29) is 42.0 Å². The summed E-state index contributed by atoms with van der Waals surface area (Å²) in [5, 5.41) is 5.83. The molecule has 7 nitrogen and oxygen atoms in total. The number of nitrogens with one attached hydrogen (secondary N) is 2. The van der Waals surface area contributed by atoms with Crippen molar-refractivity contribution < 1.29 is 9.18 Å². The first-order valence-electron chi connectivity index (χ1n) is 9.40. The van der Waals surface area contributed by atoms with Crippen molar-refractivity contribution in [3.63, 3.8) is 0 Å². The maximum absolute atomic E-state index is 15.0. The number of hydrogen-bond acceptors (Lipinski definition) is 6. The molecule has 0 saturated heterocycles. The molecule has 1 fully saturated rings. The van der Waals surface area contributed by atoms with E-state index < -0.39 is 5.82 Å². The van der Waals surface area contributed by atoms with E-state index >= 15 is 4.39 Å². The lowest BCUT2D eigenvalue weighted by Crippen LogP contribution is -2.43. The molecule has 1 aliphatic heterocycles. The first-order chi connectivity index (χ1) is 12.9. The zero-order chi connectivity index (χ0) is 19.6. The van der Waals surface area contributed by atoms with Gasteiger partial charge in [-0.05, 0) is 26.7 Å². The number of anilines is 1. The summed E-state index contributed by atoms with van der Waals surface area (Å²) in [6.45, 7) is 3.98. The van der Waals surface area contributed by atoms with Crippen molar-refractivity contribution in [2.45, 2.75) is 64.2 Å². The molecule has 1 saturated carbocycles. The number of halogens is 1. The van der Waals surface area contributed by atoms with Gasteiger partial charge in [0.25, 0.3) is 5.91 Å². The third kappa shape index (κ3) is 3.95. The lowest BCUT2D eigenvalue weighted by atomic mass is 9.91. The van der Waals surface area contributed by atoms with Crippen molar-refractivity contribution in [1.82, 2.24) is 10.3 Å². The number of aliphatic imine (C=N–C) groups is 1. The molecule has 1 aromatic rings. The minimum absolute atomic E-state index is 0.0497. The van der Waals surface area contributed by atoms with Gasteiger partial charge in [-0.3, -0.25) is 9.79 Å². The number of amides is 1. The molecule has 3 rings (SSSR count). The van der Waals surface area contributed by atoms with Crippen LogP contribution >= 0.6 is 0 Å². The Morgan fingerprint density at radius 1 is 1.41 bits per heavy atom. The fourth-order valence-electron chi connectivity index (χ4n) is 3.51. The van der Waals surface area contributed by atoms with E-state index in [2.05, 4.69) is 20.6 Å². The number of aromatic nitrogens is 1. The van der Waals surface area contributed by atoms with E-state index in [4.69, 9.17) is 11.5 Å². The van der Waals surface area contributed by atoms with E-state index in [1.165, 1.54) is 6.20 Å². The van der Waals surface area contributed by atoms with Crippen LogP contribution in [-0.2, 0) is 6.54 Å². The van der Waals surface area contributed by atoms with E-state index in [0.717, 1.165) is 25.7 Å². The quantitative estimate of drug-likeness (QED) is 0.587. The molecule has 0 spiro atoms. The highest BCUT2D eigenvalue weighted by atomic mass is 19.1. The predicted molar refractivity (Wildman–Crippen MR) is 105 cm³/mol. The van der Waals surface area contributed by atoms with Gasteiger partial charge in [-0.25, -0.2) is 9.37 Å². The predicted octanol–water partition coefficient (Wildman–Crippen LogP) is 1.92. The number of allylic oxidation sites excluding steroid dienone is 1. The molecular formula is C19H27FN6O. The largest absolute Gasteiger partial charge is 0.404 e. The Morgan fingerprint density at radius 2 is 2.15 bits per heavy atom. The SMILES string of the molecule is CC(C)N=C/C(=C\N)c1nc(N[C@@H]2CCCC[C@@H]2N)c(F)c2c1C(=O)NC2. The second-order valence-corrected chi connectivity index (χ2v) is 7.35. The highest BCUT2D eigenvalue weighted by Crippen LogP contribution is 2.31. The monoisotopic (exact) mass is 374 g/mol. The van der Waals surface area contributed by atoms with E-state index in [0.29, 0.717) is 16.8 Å². The van der Waals surface area contributed by atoms with Crippen LogP contribution in [0.1, 0.15) is 61.1 Å². The van der Waals surface area contributed by atoms with Gasteiger partial charge < -0.3 is 22.1 Å². The molecule has 0 bridgehead atoms. The molecule has 6 N–H and O–H groups in total. The lowest BCUT2D eigenvalue weighted by Gasteiger charge is -2.30. The van der Waals surface area contributed by atoms with Gasteiger partial charge >= 0.3 is 0 Å². The zero-order valence-electron chi connectivity index (χ0n) is 15.8. The fourth-order valence-corrected chi connectivity index (χ4v) is 3.51. The topological polar surface area (TPSA) is 118 Å². The first kappa shape index (κ1) is 19.3. The van der Waals surface area contributed by atoms with Gasteiger partial charge in [0.15, 0.2) is 11.6 Å². The van der Waals surface area contributed by atoms with Crippen molar-refractivity contribution in [3.05, 3.63) is 28.8 Å². The molecule has 1 amide bonds. The van der Waals surface area contributed by atoms with Crippen molar-refractivity contribution in [1.29, 1.82) is 0 Å². The summed E-state index contributed by atoms with van der Waals surface area (Å²) < 4.78 is 15.0. The number of pyridine rings is 1. The van der Waals surface area contributed by atoms with E-state index in [1.54, 1.807) is 6.21 Å². The average molecular weight is 374 g/mol. The van der Waals surface area contributed by atoms with Crippen molar-refractivity contribution >= 4 is 23.5 Å². The Kier molecular flexibility index (Phi) is 5.74. The molecule has 1 aliphatic carbocycles. The molecule has 8 heteroatoms. The van der Waals surface area contributed by atoms with Crippen LogP contribution in [0.2, 0.25) is 0 Å². The Bertz CT molecular complexity index is 789. The van der Waals surface area contributed by atoms with Gasteiger partial charge in [-0.2, -0.15) is 0 Å². The Labute approximate surface area is 158 Å². The standard InChI is InChI=1S/C19H27FN6O/c1-10(2)23-8-11(7-21)17-15-12(9-24-19(15)27)16(20)18(26-17)25-14-6-4-3-5-13(14)22/h7-8,10,13-14H,3-6,9,21-22H2,1-2H3,(H,24,27)(H,25,26)/b11-7+,23-8?/t13-,14+/m0/s1. The van der Waals surface area contributed by atoms with Crippen molar-refractivity contribution in [2.24, 2.45) is 16.5 Å². The minimum atomic E-state index is -0.512. The van der Waals surface area contributed by atoms with Crippen LogP contribution in [0.25, 0.3) is 5.57 Å². The molecule has 1 aromatic heterocycles. The minimum Gasteiger partial charge on any atom is -0.404 e. The summed E-state index contributed by atoms with van der Waals surface area (Å²) in [6, 6.07) is -0.0464. The summed E-state index contributed by atoms with van der Waals surface area (Å²) in [7, 11) is 0. The van der Waals surface area contributed by atoms with E-state index in [9.17, 15) is 4.79 Å². The van der Waals surface area contributed by atoms with Crippen LogP contribution in [0.4, 0.5) is 10.2 Å². The van der Waals surface area contributed by atoms with Gasteiger partial charge in [0.1, 0.15) is 0 Å². The Hall–Kier alpha value is -2.48. The lowest BCUT2D eigenvalue weighted by molar-refractivity contribution is 0.0965. The van der Waals surface area contributed by atoms with Gasteiger partial charge in [-0.15, -0.1) is 0 Å². The van der Waals surface area contributed by atoms with Crippen LogP contribution < -0.4 is 22.1 Å². The molecule has 146 valence electrons. The normalized spacial score (nSPS) is 23.0. The van der Waals surface area contributed by atoms with Gasteiger partial charge in [0.2, 0.25) is 0 Å². The van der Waals surface area contributed by atoms with Gasteiger partial charge in [0, 0.05) is 48.2 Å². The maximum atomic E-state index is 15.0. The molecule has 0 unspecified atom stereocenters. The smallest absolute Gasteiger partial charge is 0.254 e. The van der Waals surface area contributed by atoms with Crippen LogP contribution in [0, 0.1) is 5.82 Å². The second-order valence-electron chi connectivity index (χ2n) is 7.35. The van der Waals surface area contributed by atoms with Crippen molar-refractivity contribution in [3.8, 4) is 0 Å². The Balaban J connectivity index is 2.04. The number of rotatable bonds is 5. The molecule has 2 aliphatic rings. The molecule has 0 aromatic carbocycles. The first-order valence-corrected chi connectivity index (χ1v) is 9.40. The second kappa shape index (κ2) is 8.04.